The second kappa shape index (κ2) is 6.57. The molecule has 0 fully saturated rings. The van der Waals surface area contributed by atoms with Crippen molar-refractivity contribution in [3.63, 3.8) is 0 Å². The van der Waals surface area contributed by atoms with E-state index in [-0.39, 0.29) is 6.04 Å². The van der Waals surface area contributed by atoms with Crippen molar-refractivity contribution >= 4 is 34.6 Å². The van der Waals surface area contributed by atoms with Crippen molar-refractivity contribution in [2.75, 3.05) is 0 Å². The van der Waals surface area contributed by atoms with Crippen molar-refractivity contribution in [3.05, 3.63) is 34.9 Å². The fraction of sp³-hybridized carbons (Fsp3) is 0.333. The Morgan fingerprint density at radius 2 is 2.12 bits per heavy atom. The molecule has 2 N–H and O–H groups in total. The van der Waals surface area contributed by atoms with Gasteiger partial charge in [-0.15, -0.1) is 0 Å². The van der Waals surface area contributed by atoms with Crippen molar-refractivity contribution in [2.24, 2.45) is 5.10 Å². The predicted molar refractivity (Wildman–Crippen MR) is 77.7 cm³/mol. The average Bonchev–Trinajstić information content (AvgIpc) is 2.25. The summed E-state index contributed by atoms with van der Waals surface area (Å²) >= 11 is 11.0. The lowest BCUT2D eigenvalue weighted by Crippen LogP contribution is -2.37. The molecule has 0 spiro atoms. The van der Waals surface area contributed by atoms with E-state index in [1.165, 1.54) is 0 Å². The predicted octanol–water partition coefficient (Wildman–Crippen LogP) is 2.94. The molecule has 17 heavy (non-hydrogen) atoms. The van der Waals surface area contributed by atoms with Crippen LogP contribution in [-0.4, -0.2) is 16.9 Å². The Kier molecular flexibility index (Phi) is 5.38. The molecule has 0 aliphatic carbocycles. The Morgan fingerprint density at radius 1 is 1.41 bits per heavy atom. The van der Waals surface area contributed by atoms with Gasteiger partial charge in [0.2, 0.25) is 0 Å². The van der Waals surface area contributed by atoms with E-state index in [4.69, 9.17) is 23.8 Å². The lowest BCUT2D eigenvalue weighted by molar-refractivity contribution is 0.719. The van der Waals surface area contributed by atoms with Gasteiger partial charge < -0.3 is 5.32 Å². The number of rotatable bonds is 3. The molecule has 0 heterocycles. The SMILES string of the molecule is C/C(=N/NC(=S)NC(C)C)c1cccc(Cl)c1. The molecule has 5 heteroatoms. The molecule has 1 aromatic carbocycles. The molecule has 0 atom stereocenters. The largest absolute Gasteiger partial charge is 0.359 e. The summed E-state index contributed by atoms with van der Waals surface area (Å²) in [4.78, 5) is 0. The number of benzene rings is 1. The number of hydrazone groups is 1. The van der Waals surface area contributed by atoms with Crippen LogP contribution in [-0.2, 0) is 0 Å². The van der Waals surface area contributed by atoms with Crippen LogP contribution in [0.3, 0.4) is 0 Å². The molecule has 0 bridgehead atoms. The zero-order chi connectivity index (χ0) is 12.8. The van der Waals surface area contributed by atoms with Crippen LogP contribution in [0.5, 0.6) is 0 Å². The highest BCUT2D eigenvalue weighted by Gasteiger charge is 2.00. The summed E-state index contributed by atoms with van der Waals surface area (Å²) in [5.41, 5.74) is 4.60. The molecule has 92 valence electrons. The first-order valence-electron chi connectivity index (χ1n) is 5.36. The standard InChI is InChI=1S/C12H16ClN3S/c1-8(2)14-12(17)16-15-9(3)10-5-4-6-11(13)7-10/h4-8H,1-3H3,(H2,14,16,17)/b15-9-. The molecule has 1 aromatic rings. The van der Waals surface area contributed by atoms with Crippen molar-refractivity contribution in [2.45, 2.75) is 26.8 Å². The van der Waals surface area contributed by atoms with Crippen molar-refractivity contribution in [1.82, 2.24) is 10.7 Å². The molecule has 0 saturated carbocycles. The van der Waals surface area contributed by atoms with Gasteiger partial charge in [-0.3, -0.25) is 5.43 Å². The van der Waals surface area contributed by atoms with E-state index in [2.05, 4.69) is 15.8 Å². The van der Waals surface area contributed by atoms with Gasteiger partial charge in [-0.2, -0.15) is 5.10 Å². The molecule has 3 nitrogen and oxygen atoms in total. The number of halogens is 1. The second-order valence-corrected chi connectivity index (χ2v) is 4.79. The molecule has 0 aliphatic rings. The highest BCUT2D eigenvalue weighted by atomic mass is 35.5. The monoisotopic (exact) mass is 269 g/mol. The summed E-state index contributed by atoms with van der Waals surface area (Å²) in [5.74, 6) is 0. The number of nitrogens with one attached hydrogen (secondary N) is 2. The van der Waals surface area contributed by atoms with Crippen molar-refractivity contribution < 1.29 is 0 Å². The molecular formula is C12H16ClN3S. The summed E-state index contributed by atoms with van der Waals surface area (Å²) in [5, 5.41) is 8.45. The third-order valence-electron chi connectivity index (χ3n) is 1.99. The van der Waals surface area contributed by atoms with Gasteiger partial charge in [0.15, 0.2) is 5.11 Å². The van der Waals surface area contributed by atoms with Crippen LogP contribution in [0.1, 0.15) is 26.3 Å². The first-order chi connectivity index (χ1) is 7.99. The maximum absolute atomic E-state index is 5.91. The van der Waals surface area contributed by atoms with E-state index in [0.29, 0.717) is 10.1 Å². The van der Waals surface area contributed by atoms with E-state index in [1.54, 1.807) is 0 Å². The van der Waals surface area contributed by atoms with Crippen molar-refractivity contribution in [3.8, 4) is 0 Å². The number of nitrogens with zero attached hydrogens (tertiary/aromatic N) is 1. The van der Waals surface area contributed by atoms with Crippen LogP contribution in [0, 0.1) is 0 Å². The van der Waals surface area contributed by atoms with Gasteiger partial charge in [0.05, 0.1) is 5.71 Å². The van der Waals surface area contributed by atoms with Crippen LogP contribution in [0.15, 0.2) is 29.4 Å². The molecule has 0 unspecified atom stereocenters. The number of thiocarbonyl (C=S) groups is 1. The molecule has 1 rings (SSSR count). The van der Waals surface area contributed by atoms with Crippen LogP contribution in [0.2, 0.25) is 5.02 Å². The van der Waals surface area contributed by atoms with E-state index >= 15 is 0 Å². The van der Waals surface area contributed by atoms with Gasteiger partial charge in [-0.05, 0) is 50.7 Å². The fourth-order valence-corrected chi connectivity index (χ4v) is 1.68. The fourth-order valence-electron chi connectivity index (χ4n) is 1.21. The van der Waals surface area contributed by atoms with Gasteiger partial charge in [-0.1, -0.05) is 23.7 Å². The molecule has 0 aliphatic heterocycles. The minimum Gasteiger partial charge on any atom is -0.359 e. The Labute approximate surface area is 112 Å². The Balaban J connectivity index is 2.64. The van der Waals surface area contributed by atoms with Crippen LogP contribution in [0.4, 0.5) is 0 Å². The third-order valence-corrected chi connectivity index (χ3v) is 2.43. The Hall–Kier alpha value is -1.13. The molecular weight excluding hydrogens is 254 g/mol. The number of hydrogen-bond donors (Lipinski definition) is 2. The van der Waals surface area contributed by atoms with Gasteiger partial charge >= 0.3 is 0 Å². The minimum atomic E-state index is 0.289. The van der Waals surface area contributed by atoms with Crippen molar-refractivity contribution in [1.29, 1.82) is 0 Å². The number of hydrogen-bond acceptors (Lipinski definition) is 2. The first kappa shape index (κ1) is 13.9. The summed E-state index contributed by atoms with van der Waals surface area (Å²) in [7, 11) is 0. The highest BCUT2D eigenvalue weighted by molar-refractivity contribution is 7.80. The molecule has 0 saturated heterocycles. The minimum absolute atomic E-state index is 0.289. The zero-order valence-electron chi connectivity index (χ0n) is 10.1. The maximum atomic E-state index is 5.91. The van der Waals surface area contributed by atoms with E-state index in [1.807, 2.05) is 45.0 Å². The summed E-state index contributed by atoms with van der Waals surface area (Å²) in [6.07, 6.45) is 0. The second-order valence-electron chi connectivity index (χ2n) is 3.95. The quantitative estimate of drug-likeness (QED) is 0.503. The smallest absolute Gasteiger partial charge is 0.187 e. The molecule has 0 aromatic heterocycles. The summed E-state index contributed by atoms with van der Waals surface area (Å²) in [6, 6.07) is 7.82. The lowest BCUT2D eigenvalue weighted by atomic mass is 10.1. The summed E-state index contributed by atoms with van der Waals surface area (Å²) < 4.78 is 0. The van der Waals surface area contributed by atoms with E-state index in [9.17, 15) is 0 Å². The topological polar surface area (TPSA) is 36.4 Å². The Morgan fingerprint density at radius 3 is 2.71 bits per heavy atom. The van der Waals surface area contributed by atoms with Crippen LogP contribution in [0.25, 0.3) is 0 Å². The van der Waals surface area contributed by atoms with Gasteiger partial charge in [0, 0.05) is 11.1 Å². The molecule has 0 amide bonds. The first-order valence-corrected chi connectivity index (χ1v) is 6.14. The van der Waals surface area contributed by atoms with Gasteiger partial charge in [-0.25, -0.2) is 0 Å². The van der Waals surface area contributed by atoms with E-state index in [0.717, 1.165) is 11.3 Å². The van der Waals surface area contributed by atoms with Crippen LogP contribution < -0.4 is 10.7 Å². The zero-order valence-corrected chi connectivity index (χ0v) is 11.7. The summed E-state index contributed by atoms with van der Waals surface area (Å²) in [6.45, 7) is 5.93. The van der Waals surface area contributed by atoms with Crippen LogP contribution >= 0.6 is 23.8 Å². The van der Waals surface area contributed by atoms with Gasteiger partial charge in [0.1, 0.15) is 0 Å². The average molecular weight is 270 g/mol. The highest BCUT2D eigenvalue weighted by Crippen LogP contribution is 2.11. The van der Waals surface area contributed by atoms with Gasteiger partial charge in [0.25, 0.3) is 0 Å². The lowest BCUT2D eigenvalue weighted by Gasteiger charge is -2.10. The normalized spacial score (nSPS) is 11.5. The Bertz CT molecular complexity index is 430. The third kappa shape index (κ3) is 5.15. The van der Waals surface area contributed by atoms with E-state index < -0.39 is 0 Å². The molecule has 0 radical (unpaired) electrons. The maximum Gasteiger partial charge on any atom is 0.187 e.